The topological polar surface area (TPSA) is 57.2 Å². The zero-order chi connectivity index (χ0) is 15.6. The maximum absolute atomic E-state index is 10.5. The molecule has 0 spiro atoms. The molecule has 2 aliphatic carbocycles. The van der Waals surface area contributed by atoms with E-state index in [0.717, 1.165) is 31.6 Å². The SMILES string of the molecule is BrCC1CCCCCC1.O=S(=O)([O-])CC1CCCCCC1.[Na+]. The molecule has 0 aromatic heterocycles. The molecule has 2 saturated carbocycles. The molecule has 0 aromatic rings. The van der Waals surface area contributed by atoms with E-state index in [9.17, 15) is 13.0 Å². The number of rotatable bonds is 3. The van der Waals surface area contributed by atoms with Gasteiger partial charge in [-0.1, -0.05) is 67.3 Å². The van der Waals surface area contributed by atoms with Crippen molar-refractivity contribution in [3.05, 3.63) is 0 Å². The fraction of sp³-hybridized carbons (Fsp3) is 1.00. The van der Waals surface area contributed by atoms with E-state index in [-0.39, 0.29) is 41.2 Å². The van der Waals surface area contributed by atoms with Gasteiger partial charge in [0.1, 0.15) is 0 Å². The van der Waals surface area contributed by atoms with Crippen LogP contribution in [0.15, 0.2) is 0 Å². The van der Waals surface area contributed by atoms with Gasteiger partial charge in [-0.2, -0.15) is 0 Å². The van der Waals surface area contributed by atoms with Crippen LogP contribution in [0.2, 0.25) is 0 Å². The van der Waals surface area contributed by atoms with Crippen molar-refractivity contribution in [2.45, 2.75) is 77.0 Å². The summed E-state index contributed by atoms with van der Waals surface area (Å²) in [6.45, 7) is 0. The van der Waals surface area contributed by atoms with E-state index in [4.69, 9.17) is 0 Å². The molecular weight excluding hydrogens is 375 g/mol. The molecule has 126 valence electrons. The number of halogens is 1. The van der Waals surface area contributed by atoms with Gasteiger partial charge < -0.3 is 4.55 Å². The molecular formula is C16H30BrNaO3S. The van der Waals surface area contributed by atoms with Gasteiger partial charge in [0.05, 0.1) is 10.1 Å². The minimum Gasteiger partial charge on any atom is -0.748 e. The number of hydrogen-bond acceptors (Lipinski definition) is 3. The molecule has 3 nitrogen and oxygen atoms in total. The van der Waals surface area contributed by atoms with Crippen LogP contribution in [-0.4, -0.2) is 24.1 Å². The fourth-order valence-corrected chi connectivity index (χ4v) is 4.90. The Morgan fingerprint density at radius 3 is 1.45 bits per heavy atom. The van der Waals surface area contributed by atoms with E-state index < -0.39 is 10.1 Å². The first kappa shape index (κ1) is 23.4. The van der Waals surface area contributed by atoms with Gasteiger partial charge in [-0.3, -0.25) is 0 Å². The molecule has 0 unspecified atom stereocenters. The summed E-state index contributed by atoms with van der Waals surface area (Å²) in [7, 11) is -3.99. The summed E-state index contributed by atoms with van der Waals surface area (Å²) in [5.41, 5.74) is 0. The Morgan fingerprint density at radius 1 is 0.773 bits per heavy atom. The van der Waals surface area contributed by atoms with Crippen LogP contribution in [0, 0.1) is 11.8 Å². The Labute approximate surface area is 167 Å². The van der Waals surface area contributed by atoms with E-state index in [1.54, 1.807) is 0 Å². The Kier molecular flexibility index (Phi) is 14.5. The van der Waals surface area contributed by atoms with Crippen LogP contribution >= 0.6 is 15.9 Å². The third-order valence-corrected chi connectivity index (χ3v) is 6.40. The van der Waals surface area contributed by atoms with Gasteiger partial charge in [-0.05, 0) is 37.5 Å². The Balaban J connectivity index is 0.000000397. The van der Waals surface area contributed by atoms with E-state index in [1.165, 1.54) is 56.7 Å². The van der Waals surface area contributed by atoms with Crippen molar-refractivity contribution in [3.8, 4) is 0 Å². The average molecular weight is 405 g/mol. The monoisotopic (exact) mass is 404 g/mol. The maximum Gasteiger partial charge on any atom is 1.00 e. The van der Waals surface area contributed by atoms with E-state index in [0.29, 0.717) is 0 Å². The molecule has 6 heteroatoms. The molecule has 0 aromatic carbocycles. The molecule has 2 aliphatic rings. The van der Waals surface area contributed by atoms with Gasteiger partial charge in [0, 0.05) is 11.1 Å². The molecule has 0 radical (unpaired) electrons. The van der Waals surface area contributed by atoms with Crippen molar-refractivity contribution in [1.82, 2.24) is 0 Å². The van der Waals surface area contributed by atoms with E-state index in [2.05, 4.69) is 15.9 Å². The summed E-state index contributed by atoms with van der Waals surface area (Å²) in [4.78, 5) is 0. The van der Waals surface area contributed by atoms with E-state index >= 15 is 0 Å². The summed E-state index contributed by atoms with van der Waals surface area (Å²) in [5.74, 6) is 0.981. The van der Waals surface area contributed by atoms with Crippen molar-refractivity contribution < 1.29 is 42.5 Å². The van der Waals surface area contributed by atoms with Crippen LogP contribution < -0.4 is 29.6 Å². The van der Waals surface area contributed by atoms with Gasteiger partial charge in [-0.25, -0.2) is 8.42 Å². The van der Waals surface area contributed by atoms with Crippen LogP contribution in [0.25, 0.3) is 0 Å². The van der Waals surface area contributed by atoms with Crippen molar-refractivity contribution >= 4 is 26.0 Å². The minimum atomic E-state index is -3.99. The molecule has 2 rings (SSSR count). The quantitative estimate of drug-likeness (QED) is 0.312. The van der Waals surface area contributed by atoms with Crippen molar-refractivity contribution in [1.29, 1.82) is 0 Å². The maximum atomic E-state index is 10.5. The van der Waals surface area contributed by atoms with Crippen LogP contribution in [0.5, 0.6) is 0 Å². The van der Waals surface area contributed by atoms with Crippen LogP contribution in [0.3, 0.4) is 0 Å². The molecule has 22 heavy (non-hydrogen) atoms. The van der Waals surface area contributed by atoms with Crippen molar-refractivity contribution in [2.75, 3.05) is 11.1 Å². The summed E-state index contributed by atoms with van der Waals surface area (Å²) in [6.07, 6.45) is 15.2. The first-order valence-electron chi connectivity index (χ1n) is 8.51. The molecule has 2 fully saturated rings. The van der Waals surface area contributed by atoms with Crippen LogP contribution in [0.1, 0.15) is 77.0 Å². The third-order valence-electron chi connectivity index (χ3n) is 4.61. The Hall–Kier alpha value is 1.39. The second kappa shape index (κ2) is 13.7. The summed E-state index contributed by atoms with van der Waals surface area (Å²) in [6, 6.07) is 0. The number of hydrogen-bond donors (Lipinski definition) is 0. The molecule has 0 N–H and O–H groups in total. The zero-order valence-electron chi connectivity index (χ0n) is 14.1. The predicted molar refractivity (Wildman–Crippen MR) is 90.7 cm³/mol. The smallest absolute Gasteiger partial charge is 0.748 e. The second-order valence-electron chi connectivity index (χ2n) is 6.59. The van der Waals surface area contributed by atoms with Gasteiger partial charge in [0.2, 0.25) is 0 Å². The average Bonchev–Trinajstić information content (AvgIpc) is 2.81. The van der Waals surface area contributed by atoms with Crippen molar-refractivity contribution in [3.63, 3.8) is 0 Å². The van der Waals surface area contributed by atoms with Gasteiger partial charge in [-0.15, -0.1) is 0 Å². The van der Waals surface area contributed by atoms with Crippen molar-refractivity contribution in [2.24, 2.45) is 11.8 Å². The van der Waals surface area contributed by atoms with Gasteiger partial charge in [0.25, 0.3) is 0 Å². The Bertz CT molecular complexity index is 346. The van der Waals surface area contributed by atoms with Crippen LogP contribution in [-0.2, 0) is 10.1 Å². The predicted octanol–water partition coefficient (Wildman–Crippen LogP) is 1.86. The molecule has 0 atom stereocenters. The summed E-state index contributed by atoms with van der Waals surface area (Å²) in [5, 5.41) is 1.23. The van der Waals surface area contributed by atoms with Gasteiger partial charge >= 0.3 is 29.6 Å². The normalized spacial score (nSPS) is 21.7. The molecule has 0 heterocycles. The summed E-state index contributed by atoms with van der Waals surface area (Å²) < 4.78 is 31.4. The second-order valence-corrected chi connectivity index (χ2v) is 8.69. The molecule has 0 bridgehead atoms. The number of alkyl halides is 1. The van der Waals surface area contributed by atoms with E-state index in [1.807, 2.05) is 0 Å². The Morgan fingerprint density at radius 2 is 1.14 bits per heavy atom. The largest absolute Gasteiger partial charge is 1.00 e. The third kappa shape index (κ3) is 12.8. The van der Waals surface area contributed by atoms with Gasteiger partial charge in [0.15, 0.2) is 0 Å². The molecule has 0 saturated heterocycles. The van der Waals surface area contributed by atoms with Crippen LogP contribution in [0.4, 0.5) is 0 Å². The standard InChI is InChI=1S/C8H15Br.C8H16O3S.Na/c9-7-8-5-3-1-2-4-6-8;9-12(10,11)7-8-5-3-1-2-4-6-8;/h8H,1-7H2;8H,1-7H2,(H,9,10,11);/q;;+1/p-1. The molecule has 0 amide bonds. The summed E-state index contributed by atoms with van der Waals surface area (Å²) >= 11 is 3.55. The fourth-order valence-electron chi connectivity index (χ4n) is 3.34. The minimum absolute atomic E-state index is 0. The molecule has 0 aliphatic heterocycles. The first-order valence-corrected chi connectivity index (χ1v) is 11.2. The first-order chi connectivity index (χ1) is 10.0. The zero-order valence-corrected chi connectivity index (χ0v) is 18.5.